The van der Waals surface area contributed by atoms with Crippen LogP contribution in [0.2, 0.25) is 0 Å². The van der Waals surface area contributed by atoms with Gasteiger partial charge >= 0.3 is 6.03 Å². The third-order valence-corrected chi connectivity index (χ3v) is 8.66. The molecule has 2 aliphatic carbocycles. The molecule has 2 aromatic heterocycles. The number of carbonyl (C=O) groups excluding carboxylic acids is 1. The first-order chi connectivity index (χ1) is 16.1. The molecule has 1 aromatic carbocycles. The Morgan fingerprint density at radius 2 is 1.76 bits per heavy atom. The van der Waals surface area contributed by atoms with E-state index in [0.717, 1.165) is 61.7 Å². The number of halogens is 2. The van der Waals surface area contributed by atoms with Crippen LogP contribution in [0.4, 0.5) is 13.6 Å². The molecule has 1 atom stereocenters. The number of benzene rings is 1. The summed E-state index contributed by atoms with van der Waals surface area (Å²) < 4.78 is 30.7. The second-order valence-corrected chi connectivity index (χ2v) is 10.5. The molecule has 1 N–H and O–H groups in total. The van der Waals surface area contributed by atoms with Crippen LogP contribution >= 0.6 is 11.3 Å². The number of amides is 2. The zero-order chi connectivity index (χ0) is 22.5. The number of carbonyl (C=O) groups is 1. The van der Waals surface area contributed by atoms with Gasteiger partial charge in [-0.2, -0.15) is 0 Å². The van der Waals surface area contributed by atoms with E-state index in [0.29, 0.717) is 12.1 Å². The van der Waals surface area contributed by atoms with Crippen molar-refractivity contribution in [2.24, 2.45) is 0 Å². The molecule has 1 saturated carbocycles. The van der Waals surface area contributed by atoms with Crippen molar-refractivity contribution in [1.82, 2.24) is 14.8 Å². The second-order valence-electron chi connectivity index (χ2n) is 9.46. The van der Waals surface area contributed by atoms with E-state index in [1.165, 1.54) is 34.6 Å². The molecular formula is C26H27F2N3OS. The highest BCUT2D eigenvalue weighted by Crippen LogP contribution is 2.44. The van der Waals surface area contributed by atoms with Crippen molar-refractivity contribution in [2.75, 3.05) is 0 Å². The van der Waals surface area contributed by atoms with Gasteiger partial charge in [-0.3, -0.25) is 0 Å². The number of nitrogens with zero attached hydrogens (tertiary/aromatic N) is 2. The predicted molar refractivity (Wildman–Crippen MR) is 125 cm³/mol. The lowest BCUT2D eigenvalue weighted by molar-refractivity contribution is 0.176. The average molecular weight is 468 g/mol. The van der Waals surface area contributed by atoms with Crippen LogP contribution in [0.15, 0.2) is 36.5 Å². The molecule has 1 aliphatic heterocycles. The average Bonchev–Trinajstić information content (AvgIpc) is 3.52. The zero-order valence-corrected chi connectivity index (χ0v) is 19.3. The van der Waals surface area contributed by atoms with Crippen molar-refractivity contribution in [3.63, 3.8) is 0 Å². The van der Waals surface area contributed by atoms with Crippen LogP contribution in [-0.4, -0.2) is 21.5 Å². The summed E-state index contributed by atoms with van der Waals surface area (Å²) in [6.45, 7) is 0.435. The molecule has 0 bridgehead atoms. The number of aryl methyl sites for hydroxylation is 1. The van der Waals surface area contributed by atoms with Crippen LogP contribution in [0.5, 0.6) is 0 Å². The van der Waals surface area contributed by atoms with Gasteiger partial charge in [-0.25, -0.2) is 13.6 Å². The minimum Gasteiger partial charge on any atom is -0.335 e. The van der Waals surface area contributed by atoms with Gasteiger partial charge in [0.2, 0.25) is 0 Å². The van der Waals surface area contributed by atoms with E-state index in [1.807, 2.05) is 18.3 Å². The lowest BCUT2D eigenvalue weighted by Gasteiger charge is -2.32. The van der Waals surface area contributed by atoms with E-state index in [2.05, 4.69) is 9.88 Å². The Labute approximate surface area is 196 Å². The van der Waals surface area contributed by atoms with Gasteiger partial charge in [-0.1, -0.05) is 12.8 Å². The molecule has 7 heteroatoms. The maximum Gasteiger partial charge on any atom is 0.318 e. The van der Waals surface area contributed by atoms with E-state index in [4.69, 9.17) is 0 Å². The molecule has 0 radical (unpaired) electrons. The van der Waals surface area contributed by atoms with Gasteiger partial charge in [0, 0.05) is 28.7 Å². The van der Waals surface area contributed by atoms with Crippen LogP contribution in [0, 0.1) is 11.6 Å². The number of thiophene rings is 1. The van der Waals surface area contributed by atoms with Gasteiger partial charge in [0.05, 0.1) is 12.2 Å². The van der Waals surface area contributed by atoms with Crippen molar-refractivity contribution in [2.45, 2.75) is 70.0 Å². The van der Waals surface area contributed by atoms with Gasteiger partial charge in [0.1, 0.15) is 22.7 Å². The number of hydrogen-bond donors (Lipinski definition) is 1. The van der Waals surface area contributed by atoms with Gasteiger partial charge in [0.15, 0.2) is 0 Å². The van der Waals surface area contributed by atoms with Crippen LogP contribution in [0.25, 0.3) is 5.00 Å². The summed E-state index contributed by atoms with van der Waals surface area (Å²) in [6, 6.07) is 6.95. The number of fused-ring (bicyclic) bond motifs is 5. The topological polar surface area (TPSA) is 37.3 Å². The normalized spacial score (nSPS) is 20.2. The summed E-state index contributed by atoms with van der Waals surface area (Å²) in [5.41, 5.74) is 3.87. The van der Waals surface area contributed by atoms with Gasteiger partial charge in [0.25, 0.3) is 0 Å². The maximum absolute atomic E-state index is 14.3. The number of rotatable bonds is 2. The highest BCUT2D eigenvalue weighted by Gasteiger charge is 2.37. The largest absolute Gasteiger partial charge is 0.335 e. The van der Waals surface area contributed by atoms with Crippen molar-refractivity contribution in [3.8, 4) is 5.00 Å². The Morgan fingerprint density at radius 3 is 2.55 bits per heavy atom. The van der Waals surface area contributed by atoms with Gasteiger partial charge < -0.3 is 14.8 Å². The minimum atomic E-state index is -0.629. The van der Waals surface area contributed by atoms with Crippen molar-refractivity contribution in [1.29, 1.82) is 0 Å². The van der Waals surface area contributed by atoms with Gasteiger partial charge in [-0.15, -0.1) is 11.3 Å². The number of aromatic nitrogens is 1. The fourth-order valence-electron chi connectivity index (χ4n) is 5.80. The lowest BCUT2D eigenvalue weighted by Crippen LogP contribution is -2.45. The monoisotopic (exact) mass is 467 g/mol. The van der Waals surface area contributed by atoms with Crippen molar-refractivity contribution < 1.29 is 13.6 Å². The Balaban J connectivity index is 1.51. The molecule has 0 saturated heterocycles. The van der Waals surface area contributed by atoms with E-state index < -0.39 is 17.7 Å². The van der Waals surface area contributed by atoms with E-state index in [1.54, 1.807) is 16.2 Å². The van der Waals surface area contributed by atoms with E-state index in [9.17, 15) is 13.6 Å². The molecule has 3 aliphatic rings. The lowest BCUT2D eigenvalue weighted by atomic mass is 9.95. The molecule has 1 fully saturated rings. The molecule has 3 aromatic rings. The first-order valence-electron chi connectivity index (χ1n) is 11.9. The molecule has 0 spiro atoms. The van der Waals surface area contributed by atoms with Gasteiger partial charge in [-0.05, 0) is 73.9 Å². The molecule has 6 rings (SSSR count). The summed E-state index contributed by atoms with van der Waals surface area (Å²) in [5, 5.41) is 4.36. The summed E-state index contributed by atoms with van der Waals surface area (Å²) in [5.74, 6) is -1.26. The number of nitrogens with one attached hydrogen (secondary N) is 1. The van der Waals surface area contributed by atoms with Crippen LogP contribution < -0.4 is 5.32 Å². The van der Waals surface area contributed by atoms with Crippen LogP contribution in [0.3, 0.4) is 0 Å². The first-order valence-corrected chi connectivity index (χ1v) is 12.7. The molecule has 4 nitrogen and oxygen atoms in total. The quantitative estimate of drug-likeness (QED) is 0.475. The summed E-state index contributed by atoms with van der Waals surface area (Å²) in [4.78, 5) is 16.9. The standard InChI is InChI=1S/C26H27F2N3OS/c27-17-12-16(13-18(28)14-17)24-22-9-5-11-30(22)25-21(20-8-3-4-10-23(20)33-25)15-31(24)26(32)29-19-6-1-2-7-19/h5,9,11-14,19,24H,1-4,6-8,10,15H2,(H,29,32)/t24-/m0/s1. The summed E-state index contributed by atoms with van der Waals surface area (Å²) in [6.07, 6.45) is 10.7. The molecule has 2 amide bonds. The minimum absolute atomic E-state index is 0.159. The van der Waals surface area contributed by atoms with Crippen LogP contribution in [0.1, 0.15) is 71.8 Å². The molecule has 3 heterocycles. The smallest absolute Gasteiger partial charge is 0.318 e. The zero-order valence-electron chi connectivity index (χ0n) is 18.4. The Bertz CT molecular complexity index is 1190. The molecule has 33 heavy (non-hydrogen) atoms. The third kappa shape index (κ3) is 3.66. The second kappa shape index (κ2) is 8.28. The highest BCUT2D eigenvalue weighted by molar-refractivity contribution is 7.15. The van der Waals surface area contributed by atoms with E-state index in [-0.39, 0.29) is 12.1 Å². The summed E-state index contributed by atoms with van der Waals surface area (Å²) >= 11 is 1.81. The molecule has 0 unspecified atom stereocenters. The Kier molecular flexibility index (Phi) is 5.24. The highest BCUT2D eigenvalue weighted by atomic mass is 32.1. The SMILES string of the molecule is O=C(NC1CCCC1)N1Cc2c(sc3c2CCCC3)-n2cccc2[C@@H]1c1cc(F)cc(F)c1. The fraction of sp³-hybridized carbons (Fsp3) is 0.423. The van der Waals surface area contributed by atoms with Crippen molar-refractivity contribution >= 4 is 17.4 Å². The summed E-state index contributed by atoms with van der Waals surface area (Å²) in [7, 11) is 0. The third-order valence-electron chi connectivity index (χ3n) is 7.32. The Hall–Kier alpha value is -2.67. The predicted octanol–water partition coefficient (Wildman–Crippen LogP) is 6.25. The first kappa shape index (κ1) is 20.9. The van der Waals surface area contributed by atoms with E-state index >= 15 is 0 Å². The number of urea groups is 1. The molecule has 172 valence electrons. The number of hydrogen-bond acceptors (Lipinski definition) is 2. The van der Waals surface area contributed by atoms with Crippen LogP contribution in [-0.2, 0) is 19.4 Å². The Morgan fingerprint density at radius 1 is 1.00 bits per heavy atom. The fourth-order valence-corrected chi connectivity index (χ4v) is 7.20. The van der Waals surface area contributed by atoms with Crippen molar-refractivity contribution in [3.05, 3.63) is 75.4 Å². The maximum atomic E-state index is 14.3. The molecular weight excluding hydrogens is 440 g/mol.